The number of aliphatic carboxylic acids is 2. The van der Waals surface area contributed by atoms with Crippen LogP contribution in [0.3, 0.4) is 0 Å². The predicted molar refractivity (Wildman–Crippen MR) is 175 cm³/mol. The second kappa shape index (κ2) is 29.4. The molecule has 0 aliphatic heterocycles. The quantitative estimate of drug-likeness (QED) is 0.0469. The van der Waals surface area contributed by atoms with Crippen molar-refractivity contribution < 1.29 is 30.0 Å². The third kappa shape index (κ3) is 26.0. The van der Waals surface area contributed by atoms with Crippen LogP contribution in [0.15, 0.2) is 23.8 Å². The standard InChI is InChI=1S/C36H66O6/c1-3-5-7-18-24-32(37)25-20-14-10-9-11-15-21-27-34(36(41)42)31(23-17-13-12-16-22-28-35(39)40)29-30-33(38)26-19-8-6-4-2/h14,20,29,32-34,37-38H,3-13,15-19,21-28,30H2,1-2H3,(H,39,40)(H,41,42)/b20-14-,31-29+/t32-,33?,34?/m1/s1. The van der Waals surface area contributed by atoms with E-state index in [0.717, 1.165) is 115 Å². The molecule has 0 aliphatic rings. The Morgan fingerprint density at radius 1 is 0.571 bits per heavy atom. The molecule has 2 unspecified atom stereocenters. The summed E-state index contributed by atoms with van der Waals surface area (Å²) in [4.78, 5) is 23.0. The van der Waals surface area contributed by atoms with Crippen LogP contribution in [0.2, 0.25) is 0 Å². The number of hydrogen-bond acceptors (Lipinski definition) is 4. The van der Waals surface area contributed by atoms with Crippen molar-refractivity contribution in [2.24, 2.45) is 5.92 Å². The van der Waals surface area contributed by atoms with Crippen LogP contribution in [-0.2, 0) is 9.59 Å². The molecule has 0 radical (unpaired) electrons. The average molecular weight is 595 g/mol. The molecule has 0 saturated carbocycles. The van der Waals surface area contributed by atoms with Gasteiger partial charge >= 0.3 is 11.9 Å². The summed E-state index contributed by atoms with van der Waals surface area (Å²) in [6.07, 6.45) is 28.8. The van der Waals surface area contributed by atoms with E-state index in [-0.39, 0.29) is 12.5 Å². The van der Waals surface area contributed by atoms with Crippen molar-refractivity contribution in [2.45, 2.75) is 187 Å². The molecule has 6 heteroatoms. The fourth-order valence-electron chi connectivity index (χ4n) is 5.49. The van der Waals surface area contributed by atoms with Gasteiger partial charge in [0.05, 0.1) is 18.1 Å². The minimum Gasteiger partial charge on any atom is -0.481 e. The summed E-state index contributed by atoms with van der Waals surface area (Å²) in [5.74, 6) is -2.02. The summed E-state index contributed by atoms with van der Waals surface area (Å²) in [6.45, 7) is 4.37. The molecule has 0 aromatic heterocycles. The number of aliphatic hydroxyl groups is 2. The van der Waals surface area contributed by atoms with E-state index in [1.165, 1.54) is 25.7 Å². The Morgan fingerprint density at radius 3 is 1.67 bits per heavy atom. The van der Waals surface area contributed by atoms with E-state index < -0.39 is 24.0 Å². The molecule has 0 rings (SSSR count). The lowest BCUT2D eigenvalue weighted by molar-refractivity contribution is -0.141. The minimum absolute atomic E-state index is 0.209. The van der Waals surface area contributed by atoms with Crippen molar-refractivity contribution >= 4 is 11.9 Å². The number of aliphatic hydroxyl groups excluding tert-OH is 2. The van der Waals surface area contributed by atoms with Gasteiger partial charge in [0.1, 0.15) is 0 Å². The Morgan fingerprint density at radius 2 is 1.07 bits per heavy atom. The van der Waals surface area contributed by atoms with Gasteiger partial charge in [0.15, 0.2) is 0 Å². The zero-order chi connectivity index (χ0) is 31.3. The Hall–Kier alpha value is -1.66. The van der Waals surface area contributed by atoms with Crippen molar-refractivity contribution in [1.82, 2.24) is 0 Å². The van der Waals surface area contributed by atoms with E-state index in [9.17, 15) is 24.9 Å². The Labute approximate surface area is 258 Å². The van der Waals surface area contributed by atoms with Gasteiger partial charge in [-0.3, -0.25) is 9.59 Å². The third-order valence-corrected chi connectivity index (χ3v) is 8.22. The maximum atomic E-state index is 12.3. The van der Waals surface area contributed by atoms with Crippen molar-refractivity contribution in [1.29, 1.82) is 0 Å². The van der Waals surface area contributed by atoms with E-state index in [0.29, 0.717) is 19.3 Å². The fraction of sp³-hybridized carbons (Fsp3) is 0.833. The number of carboxylic acids is 2. The Balaban J connectivity index is 4.60. The van der Waals surface area contributed by atoms with Crippen LogP contribution in [0.1, 0.15) is 174 Å². The van der Waals surface area contributed by atoms with E-state index >= 15 is 0 Å². The van der Waals surface area contributed by atoms with Crippen LogP contribution in [-0.4, -0.2) is 44.6 Å². The number of unbranched alkanes of at least 4 members (excludes halogenated alkanes) is 14. The molecule has 246 valence electrons. The SMILES string of the molecule is CCCCCCC(O)C/C=C(\CCCCCCCC(=O)O)C(CCCCCC/C=C\C[C@H](O)CCCCCC)C(=O)O. The van der Waals surface area contributed by atoms with Gasteiger partial charge in [-0.05, 0) is 64.2 Å². The number of rotatable bonds is 31. The highest BCUT2D eigenvalue weighted by Crippen LogP contribution is 2.26. The lowest BCUT2D eigenvalue weighted by atomic mass is 9.88. The Bertz CT molecular complexity index is 701. The van der Waals surface area contributed by atoms with Gasteiger partial charge in [-0.1, -0.05) is 128 Å². The largest absolute Gasteiger partial charge is 0.481 e. The van der Waals surface area contributed by atoms with Crippen LogP contribution >= 0.6 is 0 Å². The molecule has 0 aromatic rings. The summed E-state index contributed by atoms with van der Waals surface area (Å²) in [5, 5.41) is 39.4. The predicted octanol–water partition coefficient (Wildman–Crippen LogP) is 9.77. The minimum atomic E-state index is -0.767. The van der Waals surface area contributed by atoms with E-state index in [2.05, 4.69) is 26.0 Å². The maximum absolute atomic E-state index is 12.3. The van der Waals surface area contributed by atoms with E-state index in [4.69, 9.17) is 5.11 Å². The second-order valence-electron chi connectivity index (χ2n) is 12.3. The number of carboxylic acid groups (broad SMARTS) is 2. The number of allylic oxidation sites excluding steroid dienone is 1. The lowest BCUT2D eigenvalue weighted by Gasteiger charge is -2.18. The fourth-order valence-corrected chi connectivity index (χ4v) is 5.49. The van der Waals surface area contributed by atoms with Gasteiger partial charge in [0.25, 0.3) is 0 Å². The van der Waals surface area contributed by atoms with Crippen LogP contribution in [0.25, 0.3) is 0 Å². The topological polar surface area (TPSA) is 115 Å². The number of hydrogen-bond donors (Lipinski definition) is 4. The van der Waals surface area contributed by atoms with E-state index in [1.807, 2.05) is 6.08 Å². The molecule has 6 nitrogen and oxygen atoms in total. The molecule has 0 spiro atoms. The van der Waals surface area contributed by atoms with Gasteiger partial charge in [0.2, 0.25) is 0 Å². The average Bonchev–Trinajstić information content (AvgIpc) is 2.95. The first-order valence-corrected chi connectivity index (χ1v) is 17.5. The lowest BCUT2D eigenvalue weighted by Crippen LogP contribution is -2.17. The maximum Gasteiger partial charge on any atom is 0.310 e. The molecule has 0 fully saturated rings. The summed E-state index contributed by atoms with van der Waals surface area (Å²) in [7, 11) is 0. The Kier molecular flexibility index (Phi) is 28.3. The molecule has 0 bridgehead atoms. The van der Waals surface area contributed by atoms with Crippen LogP contribution < -0.4 is 0 Å². The van der Waals surface area contributed by atoms with Crippen LogP contribution in [0.4, 0.5) is 0 Å². The van der Waals surface area contributed by atoms with Crippen molar-refractivity contribution in [3.05, 3.63) is 23.8 Å². The molecule has 0 heterocycles. The normalized spacial score (nSPS) is 14.3. The zero-order valence-corrected chi connectivity index (χ0v) is 27.2. The molecule has 0 saturated heterocycles. The van der Waals surface area contributed by atoms with Crippen LogP contribution in [0.5, 0.6) is 0 Å². The van der Waals surface area contributed by atoms with Crippen molar-refractivity contribution in [3.8, 4) is 0 Å². The molecule has 0 amide bonds. The monoisotopic (exact) mass is 594 g/mol. The summed E-state index contributed by atoms with van der Waals surface area (Å²) < 4.78 is 0. The molecule has 42 heavy (non-hydrogen) atoms. The molecule has 0 aliphatic carbocycles. The van der Waals surface area contributed by atoms with Gasteiger partial charge in [-0.25, -0.2) is 0 Å². The molecule has 0 aromatic carbocycles. The highest BCUT2D eigenvalue weighted by atomic mass is 16.4. The second-order valence-corrected chi connectivity index (χ2v) is 12.3. The zero-order valence-electron chi connectivity index (χ0n) is 27.2. The third-order valence-electron chi connectivity index (χ3n) is 8.22. The molecule has 4 N–H and O–H groups in total. The van der Waals surface area contributed by atoms with Gasteiger partial charge in [0, 0.05) is 6.42 Å². The van der Waals surface area contributed by atoms with Crippen molar-refractivity contribution in [2.75, 3.05) is 0 Å². The summed E-state index contributed by atoms with van der Waals surface area (Å²) in [6, 6.07) is 0. The van der Waals surface area contributed by atoms with Crippen molar-refractivity contribution in [3.63, 3.8) is 0 Å². The first kappa shape index (κ1) is 40.3. The van der Waals surface area contributed by atoms with Gasteiger partial charge in [-0.15, -0.1) is 0 Å². The van der Waals surface area contributed by atoms with Crippen LogP contribution in [0, 0.1) is 5.92 Å². The first-order valence-electron chi connectivity index (χ1n) is 17.5. The van der Waals surface area contributed by atoms with Gasteiger partial charge in [-0.2, -0.15) is 0 Å². The highest BCUT2D eigenvalue weighted by molar-refractivity contribution is 5.73. The number of carbonyl (C=O) groups is 2. The van der Waals surface area contributed by atoms with E-state index in [1.54, 1.807) is 0 Å². The molecular formula is C36H66O6. The summed E-state index contributed by atoms with van der Waals surface area (Å²) >= 11 is 0. The smallest absolute Gasteiger partial charge is 0.310 e. The summed E-state index contributed by atoms with van der Waals surface area (Å²) in [5.41, 5.74) is 0.955. The highest BCUT2D eigenvalue weighted by Gasteiger charge is 2.22. The first-order chi connectivity index (χ1) is 20.3. The molecular weight excluding hydrogens is 528 g/mol. The van der Waals surface area contributed by atoms with Gasteiger partial charge < -0.3 is 20.4 Å². The molecule has 3 atom stereocenters.